The first-order valence-corrected chi connectivity index (χ1v) is 12.7. The molecule has 0 aliphatic rings. The molecule has 30 heavy (non-hydrogen) atoms. The minimum absolute atomic E-state index is 0.207. The minimum Gasteiger partial charge on any atom is -0.462 e. The summed E-state index contributed by atoms with van der Waals surface area (Å²) >= 11 is 0. The highest BCUT2D eigenvalue weighted by Gasteiger charge is 2.07. The summed E-state index contributed by atoms with van der Waals surface area (Å²) in [4.78, 5) is 12.2. The average Bonchev–Trinajstić information content (AvgIpc) is 2.77. The smallest absolute Gasteiger partial charge is 0.338 e. The maximum absolute atomic E-state index is 12.2. The van der Waals surface area contributed by atoms with Gasteiger partial charge in [-0.3, -0.25) is 0 Å². The number of benzene rings is 1. The van der Waals surface area contributed by atoms with E-state index in [0.29, 0.717) is 12.2 Å². The van der Waals surface area contributed by atoms with Crippen LogP contribution in [-0.4, -0.2) is 12.6 Å². The average molecular weight is 415 g/mol. The Morgan fingerprint density at radius 3 is 1.93 bits per heavy atom. The Morgan fingerprint density at radius 1 is 0.733 bits per heavy atom. The summed E-state index contributed by atoms with van der Waals surface area (Å²) in [6, 6.07) is 9.30. The fourth-order valence-electron chi connectivity index (χ4n) is 3.80. The fourth-order valence-corrected chi connectivity index (χ4v) is 3.80. The van der Waals surface area contributed by atoms with Crippen LogP contribution in [0.15, 0.2) is 42.0 Å². The summed E-state index contributed by atoms with van der Waals surface area (Å²) in [5, 5.41) is 0. The van der Waals surface area contributed by atoms with Crippen LogP contribution < -0.4 is 0 Å². The third-order valence-electron chi connectivity index (χ3n) is 5.76. The second-order valence-electron chi connectivity index (χ2n) is 8.54. The van der Waals surface area contributed by atoms with Crippen LogP contribution in [-0.2, 0) is 4.74 Å². The second-order valence-corrected chi connectivity index (χ2v) is 8.54. The fraction of sp³-hybridized carbons (Fsp3) is 0.679. The monoisotopic (exact) mass is 414 g/mol. The lowest BCUT2D eigenvalue weighted by molar-refractivity contribution is 0.0508. The van der Waals surface area contributed by atoms with E-state index in [4.69, 9.17) is 4.74 Å². The Balaban J connectivity index is 2.32. The molecule has 0 aromatic heterocycles. The highest BCUT2D eigenvalue weighted by atomic mass is 16.5. The van der Waals surface area contributed by atoms with Gasteiger partial charge in [0.15, 0.2) is 0 Å². The molecule has 0 unspecified atom stereocenters. The summed E-state index contributed by atoms with van der Waals surface area (Å²) < 4.78 is 5.52. The summed E-state index contributed by atoms with van der Waals surface area (Å²) in [7, 11) is 0. The molecule has 0 atom stereocenters. The molecule has 0 aliphatic heterocycles. The first-order chi connectivity index (χ1) is 14.8. The number of rotatable bonds is 19. The zero-order valence-corrected chi connectivity index (χ0v) is 19.8. The molecule has 2 heteroatoms. The van der Waals surface area contributed by atoms with Crippen LogP contribution >= 0.6 is 0 Å². The van der Waals surface area contributed by atoms with Gasteiger partial charge in [-0.05, 0) is 37.8 Å². The van der Waals surface area contributed by atoms with Crippen molar-refractivity contribution in [2.45, 2.75) is 117 Å². The van der Waals surface area contributed by atoms with Gasteiger partial charge >= 0.3 is 5.97 Å². The van der Waals surface area contributed by atoms with E-state index < -0.39 is 0 Å². The lowest BCUT2D eigenvalue weighted by Gasteiger charge is -2.10. The molecular formula is C28H46O2. The van der Waals surface area contributed by atoms with Crippen LogP contribution in [0.1, 0.15) is 127 Å². The standard InChI is InChI=1S/C28H46O2/c1-3-5-7-9-11-12-14-17-21-26(20-16-13-10-8-6-4-2)24-25-30-28(29)27-22-18-15-19-23-27/h15,18-19,21-23H,3-14,16-17,20,24-25H2,1-2H3. The molecule has 0 radical (unpaired) electrons. The first kappa shape index (κ1) is 26.5. The number of hydrogen-bond acceptors (Lipinski definition) is 2. The molecule has 1 aromatic carbocycles. The molecule has 0 amide bonds. The van der Waals surface area contributed by atoms with Gasteiger partial charge in [-0.15, -0.1) is 0 Å². The number of carbonyl (C=O) groups excluding carboxylic acids is 1. The summed E-state index contributed by atoms with van der Waals surface area (Å²) in [5.74, 6) is -0.207. The molecule has 0 spiro atoms. The van der Waals surface area contributed by atoms with Crippen LogP contribution in [0.3, 0.4) is 0 Å². The van der Waals surface area contributed by atoms with Gasteiger partial charge in [-0.2, -0.15) is 0 Å². The predicted octanol–water partition coefficient (Wildman–Crippen LogP) is 9.05. The van der Waals surface area contributed by atoms with Crippen molar-refractivity contribution in [3.05, 3.63) is 47.5 Å². The van der Waals surface area contributed by atoms with Gasteiger partial charge < -0.3 is 4.74 Å². The molecule has 2 nitrogen and oxygen atoms in total. The molecule has 0 saturated carbocycles. The van der Waals surface area contributed by atoms with E-state index in [0.717, 1.165) is 12.8 Å². The molecule has 0 saturated heterocycles. The normalized spacial score (nSPS) is 11.6. The molecule has 1 rings (SSSR count). The van der Waals surface area contributed by atoms with Crippen molar-refractivity contribution >= 4 is 5.97 Å². The van der Waals surface area contributed by atoms with Gasteiger partial charge in [0.25, 0.3) is 0 Å². The van der Waals surface area contributed by atoms with Gasteiger partial charge in [0, 0.05) is 6.42 Å². The second kappa shape index (κ2) is 19.4. The SMILES string of the molecule is CCCCCCCCCC=C(CCCCCCCC)CCOC(=O)c1ccccc1. The van der Waals surface area contributed by atoms with Crippen molar-refractivity contribution in [2.75, 3.05) is 6.61 Å². The van der Waals surface area contributed by atoms with E-state index in [2.05, 4.69) is 19.9 Å². The van der Waals surface area contributed by atoms with E-state index in [9.17, 15) is 4.79 Å². The van der Waals surface area contributed by atoms with Crippen molar-refractivity contribution in [2.24, 2.45) is 0 Å². The lowest BCUT2D eigenvalue weighted by atomic mass is 10.0. The molecular weight excluding hydrogens is 368 g/mol. The third kappa shape index (κ3) is 14.4. The Bertz CT molecular complexity index is 547. The van der Waals surface area contributed by atoms with Crippen molar-refractivity contribution in [1.29, 1.82) is 0 Å². The number of ether oxygens (including phenoxy) is 1. The maximum Gasteiger partial charge on any atom is 0.338 e. The topological polar surface area (TPSA) is 26.3 Å². The lowest BCUT2D eigenvalue weighted by Crippen LogP contribution is -2.07. The Hall–Kier alpha value is -1.57. The molecule has 0 fully saturated rings. The molecule has 170 valence electrons. The quantitative estimate of drug-likeness (QED) is 0.128. The van der Waals surface area contributed by atoms with Gasteiger partial charge in [-0.1, -0.05) is 114 Å². The Kier molecular flexibility index (Phi) is 17.1. The maximum atomic E-state index is 12.2. The van der Waals surface area contributed by atoms with Gasteiger partial charge in [0.2, 0.25) is 0 Å². The van der Waals surface area contributed by atoms with E-state index in [1.807, 2.05) is 30.3 Å². The van der Waals surface area contributed by atoms with Gasteiger partial charge in [0.05, 0.1) is 12.2 Å². The highest BCUT2D eigenvalue weighted by Crippen LogP contribution is 2.17. The van der Waals surface area contributed by atoms with Gasteiger partial charge in [-0.25, -0.2) is 4.79 Å². The van der Waals surface area contributed by atoms with E-state index >= 15 is 0 Å². The van der Waals surface area contributed by atoms with E-state index in [1.165, 1.54) is 95.5 Å². The number of hydrogen-bond donors (Lipinski definition) is 0. The first-order valence-electron chi connectivity index (χ1n) is 12.7. The zero-order chi connectivity index (χ0) is 21.7. The minimum atomic E-state index is -0.207. The predicted molar refractivity (Wildman–Crippen MR) is 130 cm³/mol. The molecule has 0 N–H and O–H groups in total. The van der Waals surface area contributed by atoms with Crippen LogP contribution in [0.5, 0.6) is 0 Å². The summed E-state index contributed by atoms with van der Waals surface area (Å²) in [6.45, 7) is 5.03. The van der Waals surface area contributed by atoms with Crippen molar-refractivity contribution in [3.8, 4) is 0 Å². The summed E-state index contributed by atoms with van der Waals surface area (Å²) in [6.07, 6.45) is 23.1. The van der Waals surface area contributed by atoms with Crippen molar-refractivity contribution in [1.82, 2.24) is 0 Å². The Labute approximate surface area is 186 Å². The number of carbonyl (C=O) groups is 1. The number of allylic oxidation sites excluding steroid dienone is 1. The molecule has 1 aromatic rings. The van der Waals surface area contributed by atoms with Gasteiger partial charge in [0.1, 0.15) is 0 Å². The summed E-state index contributed by atoms with van der Waals surface area (Å²) in [5.41, 5.74) is 2.12. The number of unbranched alkanes of at least 4 members (excludes halogenated alkanes) is 12. The molecule has 0 bridgehead atoms. The van der Waals surface area contributed by atoms with Crippen LogP contribution in [0.25, 0.3) is 0 Å². The molecule has 0 heterocycles. The van der Waals surface area contributed by atoms with Crippen LogP contribution in [0, 0.1) is 0 Å². The molecule has 0 aliphatic carbocycles. The van der Waals surface area contributed by atoms with Crippen LogP contribution in [0.4, 0.5) is 0 Å². The number of esters is 1. The zero-order valence-electron chi connectivity index (χ0n) is 19.8. The van der Waals surface area contributed by atoms with Crippen LogP contribution in [0.2, 0.25) is 0 Å². The van der Waals surface area contributed by atoms with E-state index in [1.54, 1.807) is 0 Å². The largest absolute Gasteiger partial charge is 0.462 e. The highest BCUT2D eigenvalue weighted by molar-refractivity contribution is 5.89. The third-order valence-corrected chi connectivity index (χ3v) is 5.76. The van der Waals surface area contributed by atoms with Crippen molar-refractivity contribution in [3.63, 3.8) is 0 Å². The van der Waals surface area contributed by atoms with Crippen molar-refractivity contribution < 1.29 is 9.53 Å². The Morgan fingerprint density at radius 2 is 1.30 bits per heavy atom. The van der Waals surface area contributed by atoms with E-state index in [-0.39, 0.29) is 5.97 Å².